The van der Waals surface area contributed by atoms with Gasteiger partial charge in [-0.05, 0) is 44.7 Å². The minimum atomic E-state index is -2.91. The van der Waals surface area contributed by atoms with Gasteiger partial charge >= 0.3 is 4.83 Å². The Bertz CT molecular complexity index is 152. The van der Waals surface area contributed by atoms with E-state index in [1.807, 2.05) is 13.8 Å². The Balaban J connectivity index is 4.62. The third kappa shape index (κ3) is 3.65. The van der Waals surface area contributed by atoms with Crippen LogP contribution < -0.4 is 0 Å². The van der Waals surface area contributed by atoms with Gasteiger partial charge in [-0.25, -0.2) is 0 Å². The molecule has 0 N–H and O–H groups in total. The molecule has 0 aliphatic rings. The van der Waals surface area contributed by atoms with Crippen LogP contribution in [0.1, 0.15) is 26.7 Å². The van der Waals surface area contributed by atoms with Crippen LogP contribution in [-0.2, 0) is 0 Å². The van der Waals surface area contributed by atoms with E-state index in [0.717, 1.165) is 5.57 Å². The number of hydrogen-bond acceptors (Lipinski definition) is 0. The highest BCUT2D eigenvalue weighted by Crippen LogP contribution is 2.38. The zero-order chi connectivity index (χ0) is 9.07. The van der Waals surface area contributed by atoms with E-state index in [2.05, 4.69) is 31.9 Å². The van der Waals surface area contributed by atoms with Gasteiger partial charge in [0.05, 0.1) is 4.48 Å². The van der Waals surface area contributed by atoms with Gasteiger partial charge in [-0.2, -0.15) is 8.78 Å². The van der Waals surface area contributed by atoms with Gasteiger partial charge in [-0.15, -0.1) is 0 Å². The summed E-state index contributed by atoms with van der Waals surface area (Å²) in [5, 5.41) is 0. The molecule has 0 amide bonds. The first-order valence-electron chi connectivity index (χ1n) is 3.38. The first-order chi connectivity index (χ1) is 4.93. The van der Waals surface area contributed by atoms with Crippen LogP contribution >= 0.6 is 31.9 Å². The van der Waals surface area contributed by atoms with Gasteiger partial charge in [0.25, 0.3) is 0 Å². The van der Waals surface area contributed by atoms with Crippen molar-refractivity contribution in [3.63, 3.8) is 0 Å². The van der Waals surface area contributed by atoms with Crippen molar-refractivity contribution >= 4 is 31.9 Å². The molecule has 0 aromatic carbocycles. The van der Waals surface area contributed by atoms with Crippen molar-refractivity contribution in [1.29, 1.82) is 0 Å². The molecule has 0 rings (SSSR count). The predicted molar refractivity (Wildman–Crippen MR) is 50.4 cm³/mol. The summed E-state index contributed by atoms with van der Waals surface area (Å²) in [5.41, 5.74) is 0.742. The van der Waals surface area contributed by atoms with Gasteiger partial charge in [0.15, 0.2) is 0 Å². The number of hydrogen-bond donors (Lipinski definition) is 0. The molecule has 4 heteroatoms. The molecule has 0 fully saturated rings. The first-order valence-corrected chi connectivity index (χ1v) is 4.96. The van der Waals surface area contributed by atoms with E-state index < -0.39 is 4.83 Å². The molecule has 0 aromatic rings. The molecular formula is C7H10Br2F2. The lowest BCUT2D eigenvalue weighted by Crippen LogP contribution is -2.06. The Kier molecular flexibility index (Phi) is 4.78. The maximum absolute atomic E-state index is 12.6. The van der Waals surface area contributed by atoms with Crippen LogP contribution in [0.4, 0.5) is 8.78 Å². The van der Waals surface area contributed by atoms with Crippen LogP contribution in [0.5, 0.6) is 0 Å². The van der Waals surface area contributed by atoms with E-state index in [4.69, 9.17) is 0 Å². The normalized spacial score (nSPS) is 11.5. The molecule has 0 aromatic heterocycles. The molecule has 0 bridgehead atoms. The minimum Gasteiger partial charge on any atom is -0.188 e. The third-order valence-corrected chi connectivity index (χ3v) is 3.40. The van der Waals surface area contributed by atoms with Crippen LogP contribution in [0, 0.1) is 0 Å². The lowest BCUT2D eigenvalue weighted by molar-refractivity contribution is 0.166. The van der Waals surface area contributed by atoms with Crippen molar-refractivity contribution in [1.82, 2.24) is 0 Å². The zero-order valence-electron chi connectivity index (χ0n) is 6.43. The maximum Gasteiger partial charge on any atom is 0.332 e. The van der Waals surface area contributed by atoms with Crippen LogP contribution in [0.25, 0.3) is 0 Å². The molecular weight excluding hydrogens is 282 g/mol. The quantitative estimate of drug-likeness (QED) is 0.674. The van der Waals surface area contributed by atoms with Gasteiger partial charge in [0, 0.05) is 0 Å². The van der Waals surface area contributed by atoms with Crippen molar-refractivity contribution in [2.24, 2.45) is 0 Å². The molecule has 0 aliphatic carbocycles. The standard InChI is InChI=1S/C7H10Br2F2/c1-3-5(4-2)6(8)7(9,10)11/h3-4H2,1-2H3. The maximum atomic E-state index is 12.6. The van der Waals surface area contributed by atoms with Crippen molar-refractivity contribution < 1.29 is 8.78 Å². The van der Waals surface area contributed by atoms with E-state index in [9.17, 15) is 8.78 Å². The molecule has 0 heterocycles. The summed E-state index contributed by atoms with van der Waals surface area (Å²) >= 11 is 5.16. The monoisotopic (exact) mass is 290 g/mol. The molecule has 0 radical (unpaired) electrons. The second-order valence-corrected chi connectivity index (χ2v) is 3.91. The molecule has 0 unspecified atom stereocenters. The molecule has 11 heavy (non-hydrogen) atoms. The highest BCUT2D eigenvalue weighted by Gasteiger charge is 2.29. The van der Waals surface area contributed by atoms with E-state index in [-0.39, 0.29) is 4.48 Å². The van der Waals surface area contributed by atoms with Gasteiger partial charge in [-0.1, -0.05) is 19.4 Å². The fourth-order valence-electron chi connectivity index (χ4n) is 0.761. The summed E-state index contributed by atoms with van der Waals surface area (Å²) in [5.74, 6) is 0. The minimum absolute atomic E-state index is 0.0324. The van der Waals surface area contributed by atoms with Crippen molar-refractivity contribution in [2.45, 2.75) is 31.5 Å². The summed E-state index contributed by atoms with van der Waals surface area (Å²) in [6.07, 6.45) is 1.30. The smallest absolute Gasteiger partial charge is 0.188 e. The van der Waals surface area contributed by atoms with Crippen LogP contribution in [0.15, 0.2) is 10.1 Å². The fourth-order valence-corrected chi connectivity index (χ4v) is 1.60. The van der Waals surface area contributed by atoms with Crippen molar-refractivity contribution in [3.8, 4) is 0 Å². The summed E-state index contributed by atoms with van der Waals surface area (Å²) in [4.78, 5) is -2.91. The molecule has 0 saturated carbocycles. The summed E-state index contributed by atoms with van der Waals surface area (Å²) in [7, 11) is 0. The topological polar surface area (TPSA) is 0 Å². The molecule has 0 saturated heterocycles. The molecule has 0 spiro atoms. The van der Waals surface area contributed by atoms with Gasteiger partial charge in [0.1, 0.15) is 0 Å². The number of rotatable bonds is 3. The summed E-state index contributed by atoms with van der Waals surface area (Å²) < 4.78 is 25.1. The third-order valence-electron chi connectivity index (χ3n) is 1.41. The average molecular weight is 292 g/mol. The SMILES string of the molecule is CCC(CC)=C(Br)C(F)(F)Br. The highest BCUT2D eigenvalue weighted by molar-refractivity contribution is 9.14. The summed E-state index contributed by atoms with van der Waals surface area (Å²) in [6.45, 7) is 3.72. The molecule has 0 atom stereocenters. The summed E-state index contributed by atoms with van der Waals surface area (Å²) in [6, 6.07) is 0. The molecule has 0 nitrogen and oxygen atoms in total. The van der Waals surface area contributed by atoms with Crippen molar-refractivity contribution in [2.75, 3.05) is 0 Å². The van der Waals surface area contributed by atoms with Crippen LogP contribution in [-0.4, -0.2) is 4.83 Å². The zero-order valence-corrected chi connectivity index (χ0v) is 9.60. The van der Waals surface area contributed by atoms with Gasteiger partial charge < -0.3 is 0 Å². The molecule has 0 aliphatic heterocycles. The lowest BCUT2D eigenvalue weighted by atomic mass is 10.1. The number of allylic oxidation sites excluding steroid dienone is 2. The van der Waals surface area contributed by atoms with E-state index >= 15 is 0 Å². The van der Waals surface area contributed by atoms with E-state index in [0.29, 0.717) is 12.8 Å². The Morgan fingerprint density at radius 3 is 1.73 bits per heavy atom. The second kappa shape index (κ2) is 4.55. The Labute approximate surface area is 82.3 Å². The Hall–Kier alpha value is 0.560. The average Bonchev–Trinajstić information content (AvgIpc) is 1.88. The first kappa shape index (κ1) is 11.6. The molecule has 66 valence electrons. The van der Waals surface area contributed by atoms with E-state index in [1.165, 1.54) is 0 Å². The van der Waals surface area contributed by atoms with Crippen LogP contribution in [0.2, 0.25) is 0 Å². The largest absolute Gasteiger partial charge is 0.332 e. The van der Waals surface area contributed by atoms with Gasteiger partial charge in [-0.3, -0.25) is 0 Å². The van der Waals surface area contributed by atoms with Crippen LogP contribution in [0.3, 0.4) is 0 Å². The van der Waals surface area contributed by atoms with E-state index in [1.54, 1.807) is 0 Å². The lowest BCUT2D eigenvalue weighted by Gasteiger charge is -2.11. The highest BCUT2D eigenvalue weighted by atomic mass is 79.9. The Morgan fingerprint density at radius 2 is 1.64 bits per heavy atom. The second-order valence-electron chi connectivity index (χ2n) is 2.12. The van der Waals surface area contributed by atoms with Crippen molar-refractivity contribution in [3.05, 3.63) is 10.1 Å². The predicted octanol–water partition coefficient (Wildman–Crippen LogP) is 4.44. The fraction of sp³-hybridized carbons (Fsp3) is 0.714. The number of halogens is 4. The Morgan fingerprint density at radius 1 is 1.27 bits per heavy atom. The van der Waals surface area contributed by atoms with Gasteiger partial charge in [0.2, 0.25) is 0 Å². The number of alkyl halides is 3.